The summed E-state index contributed by atoms with van der Waals surface area (Å²) in [5, 5.41) is 18.8. The number of aliphatic hydroxyl groups excluding tert-OH is 2. The molecule has 7 nitrogen and oxygen atoms in total. The quantitative estimate of drug-likeness (QED) is 0.442. The molecule has 0 aliphatic heterocycles. The summed E-state index contributed by atoms with van der Waals surface area (Å²) in [7, 11) is 4.48. The van der Waals surface area contributed by atoms with Gasteiger partial charge in [0.15, 0.2) is 0 Å². The van der Waals surface area contributed by atoms with Crippen LogP contribution in [0.15, 0.2) is 24.3 Å². The van der Waals surface area contributed by atoms with Crippen LogP contribution in [0.2, 0.25) is 0 Å². The molecule has 2 N–H and O–H groups in total. The fourth-order valence-electron chi connectivity index (χ4n) is 1.61. The molecule has 1 aromatic carbocycles. The van der Waals surface area contributed by atoms with Crippen LogP contribution in [0.1, 0.15) is 21.8 Å². The van der Waals surface area contributed by atoms with Gasteiger partial charge in [-0.2, -0.15) is 0 Å². The summed E-state index contributed by atoms with van der Waals surface area (Å²) in [5.74, 6) is -1.51. The van der Waals surface area contributed by atoms with E-state index in [2.05, 4.69) is 14.2 Å². The standard InChI is InChI=1S/C12H14O6.C2H6O/c1-17-11(15)9-5-3-2-4-8(9)10(6-13)12(16)18-7-14;1-3-2/h2-5,7,10,12-13,16H,6H2,1H3;1-2H3. The molecule has 0 aromatic heterocycles. The number of carbonyl (C=O) groups is 2. The third-order valence-electron chi connectivity index (χ3n) is 2.50. The van der Waals surface area contributed by atoms with Crippen molar-refractivity contribution in [3.05, 3.63) is 35.4 Å². The summed E-state index contributed by atoms with van der Waals surface area (Å²) in [6, 6.07) is 6.30. The molecule has 0 radical (unpaired) electrons. The molecule has 7 heteroatoms. The van der Waals surface area contributed by atoms with Gasteiger partial charge in [-0.25, -0.2) is 4.79 Å². The number of carbonyl (C=O) groups excluding carboxylic acids is 2. The van der Waals surface area contributed by atoms with Crippen molar-refractivity contribution in [1.29, 1.82) is 0 Å². The van der Waals surface area contributed by atoms with Gasteiger partial charge in [0.1, 0.15) is 0 Å². The van der Waals surface area contributed by atoms with Crippen LogP contribution < -0.4 is 0 Å². The Hall–Kier alpha value is -1.96. The van der Waals surface area contributed by atoms with E-state index in [1.807, 2.05) is 0 Å². The first-order valence-electron chi connectivity index (χ1n) is 6.02. The van der Waals surface area contributed by atoms with Crippen LogP contribution >= 0.6 is 0 Å². The van der Waals surface area contributed by atoms with Crippen LogP contribution in [0.5, 0.6) is 0 Å². The van der Waals surface area contributed by atoms with Crippen LogP contribution in [-0.4, -0.2) is 56.9 Å². The van der Waals surface area contributed by atoms with E-state index in [0.717, 1.165) is 0 Å². The highest BCUT2D eigenvalue weighted by Gasteiger charge is 2.26. The average Bonchev–Trinajstić information content (AvgIpc) is 2.49. The highest BCUT2D eigenvalue weighted by atomic mass is 16.6. The Morgan fingerprint density at radius 2 is 1.86 bits per heavy atom. The fourth-order valence-corrected chi connectivity index (χ4v) is 1.61. The summed E-state index contributed by atoms with van der Waals surface area (Å²) in [6.45, 7) is -0.406. The molecule has 0 aliphatic rings. The largest absolute Gasteiger partial charge is 0.465 e. The smallest absolute Gasteiger partial charge is 0.338 e. The molecule has 2 atom stereocenters. The average molecular weight is 300 g/mol. The van der Waals surface area contributed by atoms with Crippen molar-refractivity contribution in [2.24, 2.45) is 0 Å². The number of aliphatic hydroxyl groups is 2. The second-order valence-electron chi connectivity index (χ2n) is 3.90. The number of hydrogen-bond acceptors (Lipinski definition) is 7. The number of rotatable bonds is 6. The molecule has 0 amide bonds. The van der Waals surface area contributed by atoms with E-state index in [4.69, 9.17) is 0 Å². The number of benzene rings is 1. The van der Waals surface area contributed by atoms with Crippen LogP contribution in [0.25, 0.3) is 0 Å². The molecule has 0 saturated carbocycles. The number of ether oxygens (including phenoxy) is 3. The zero-order chi connectivity index (χ0) is 16.3. The highest BCUT2D eigenvalue weighted by Crippen LogP contribution is 2.24. The van der Waals surface area contributed by atoms with E-state index >= 15 is 0 Å². The first kappa shape index (κ1) is 19.0. The van der Waals surface area contributed by atoms with Crippen molar-refractivity contribution in [3.8, 4) is 0 Å². The second-order valence-corrected chi connectivity index (χ2v) is 3.90. The zero-order valence-corrected chi connectivity index (χ0v) is 12.2. The predicted octanol–water partition coefficient (Wildman–Crippen LogP) is 0.303. The summed E-state index contributed by atoms with van der Waals surface area (Å²) in [4.78, 5) is 21.7. The lowest BCUT2D eigenvalue weighted by atomic mass is 9.94. The maximum atomic E-state index is 11.5. The fraction of sp³-hybridized carbons (Fsp3) is 0.429. The highest BCUT2D eigenvalue weighted by molar-refractivity contribution is 5.91. The summed E-state index contributed by atoms with van der Waals surface area (Å²) < 4.78 is 13.2. The maximum absolute atomic E-state index is 11.5. The van der Waals surface area contributed by atoms with Gasteiger partial charge in [-0.1, -0.05) is 18.2 Å². The molecule has 0 aliphatic carbocycles. The van der Waals surface area contributed by atoms with Gasteiger partial charge in [-0.15, -0.1) is 0 Å². The lowest BCUT2D eigenvalue weighted by Crippen LogP contribution is -2.26. The van der Waals surface area contributed by atoms with Crippen LogP contribution in [0.3, 0.4) is 0 Å². The Bertz CT molecular complexity index is 433. The third kappa shape index (κ3) is 5.90. The summed E-state index contributed by atoms with van der Waals surface area (Å²) in [6.07, 6.45) is -1.53. The van der Waals surface area contributed by atoms with Gasteiger partial charge in [-0.3, -0.25) is 4.79 Å². The number of hydrogen-bond donors (Lipinski definition) is 2. The minimum absolute atomic E-state index is 0.0775. The molecular formula is C14H20O7. The Labute approximate surface area is 123 Å². The Kier molecular flexibility index (Phi) is 9.78. The molecule has 21 heavy (non-hydrogen) atoms. The van der Waals surface area contributed by atoms with Gasteiger partial charge in [-0.05, 0) is 11.6 Å². The van der Waals surface area contributed by atoms with Crippen LogP contribution in [0, 0.1) is 0 Å². The monoisotopic (exact) mass is 300 g/mol. The Morgan fingerprint density at radius 3 is 2.33 bits per heavy atom. The normalized spacial score (nSPS) is 12.4. The van der Waals surface area contributed by atoms with Crippen molar-refractivity contribution in [3.63, 3.8) is 0 Å². The first-order valence-corrected chi connectivity index (χ1v) is 6.02. The lowest BCUT2D eigenvalue weighted by molar-refractivity contribution is -0.157. The molecule has 118 valence electrons. The SMILES string of the molecule is COC.COC(=O)c1ccccc1C(CO)C(O)OC=O. The van der Waals surface area contributed by atoms with Crippen molar-refractivity contribution >= 4 is 12.4 Å². The van der Waals surface area contributed by atoms with Crippen molar-refractivity contribution < 1.29 is 34.0 Å². The van der Waals surface area contributed by atoms with Gasteiger partial charge < -0.3 is 24.4 Å². The Balaban J connectivity index is 0.00000122. The predicted molar refractivity (Wildman–Crippen MR) is 73.7 cm³/mol. The van der Waals surface area contributed by atoms with Gasteiger partial charge >= 0.3 is 5.97 Å². The van der Waals surface area contributed by atoms with E-state index < -0.39 is 24.8 Å². The minimum Gasteiger partial charge on any atom is -0.465 e. The van der Waals surface area contributed by atoms with Gasteiger partial charge in [0.25, 0.3) is 6.47 Å². The molecule has 0 heterocycles. The zero-order valence-electron chi connectivity index (χ0n) is 12.2. The molecular weight excluding hydrogens is 280 g/mol. The second kappa shape index (κ2) is 10.8. The van der Waals surface area contributed by atoms with E-state index in [9.17, 15) is 19.8 Å². The van der Waals surface area contributed by atoms with Gasteiger partial charge in [0.05, 0.1) is 25.2 Å². The minimum atomic E-state index is -1.53. The van der Waals surface area contributed by atoms with Gasteiger partial charge in [0.2, 0.25) is 6.29 Å². The summed E-state index contributed by atoms with van der Waals surface area (Å²) >= 11 is 0. The topological polar surface area (TPSA) is 102 Å². The molecule has 0 spiro atoms. The first-order chi connectivity index (χ1) is 10.1. The lowest BCUT2D eigenvalue weighted by Gasteiger charge is -2.21. The van der Waals surface area contributed by atoms with Gasteiger partial charge in [0, 0.05) is 14.2 Å². The third-order valence-corrected chi connectivity index (χ3v) is 2.50. The summed E-state index contributed by atoms with van der Waals surface area (Å²) in [5.41, 5.74) is 0.550. The van der Waals surface area contributed by atoms with E-state index in [1.54, 1.807) is 32.4 Å². The van der Waals surface area contributed by atoms with Crippen molar-refractivity contribution in [2.45, 2.75) is 12.2 Å². The number of methoxy groups -OCH3 is 2. The Morgan fingerprint density at radius 1 is 1.29 bits per heavy atom. The van der Waals surface area contributed by atoms with Crippen molar-refractivity contribution in [2.75, 3.05) is 27.9 Å². The van der Waals surface area contributed by atoms with Crippen molar-refractivity contribution in [1.82, 2.24) is 0 Å². The molecule has 0 fully saturated rings. The number of esters is 1. The van der Waals surface area contributed by atoms with E-state index in [1.165, 1.54) is 13.2 Å². The van der Waals surface area contributed by atoms with E-state index in [-0.39, 0.29) is 12.0 Å². The molecule has 2 unspecified atom stereocenters. The molecule has 1 rings (SSSR count). The molecule has 0 saturated heterocycles. The van der Waals surface area contributed by atoms with E-state index in [0.29, 0.717) is 5.56 Å². The molecule has 0 bridgehead atoms. The maximum Gasteiger partial charge on any atom is 0.338 e. The molecule has 1 aromatic rings. The van der Waals surface area contributed by atoms with Crippen LogP contribution in [0.4, 0.5) is 0 Å². The van der Waals surface area contributed by atoms with Crippen LogP contribution in [-0.2, 0) is 19.0 Å².